The van der Waals surface area contributed by atoms with E-state index in [1.54, 1.807) is 0 Å². The Labute approximate surface area is 106 Å². The number of hydrogen-bond donors (Lipinski definition) is 1. The second-order valence-electron chi connectivity index (χ2n) is 5.30. The number of carbonyl (C=O) groups is 1. The third-order valence-corrected chi connectivity index (χ3v) is 3.69. The normalized spacial score (nSPS) is 25.2. The third kappa shape index (κ3) is 2.53. The number of hydrogen-bond acceptors (Lipinski definition) is 5. The van der Waals surface area contributed by atoms with Crippen molar-refractivity contribution in [3.63, 3.8) is 0 Å². The summed E-state index contributed by atoms with van der Waals surface area (Å²) in [5.74, 6) is 1.77. The molecule has 1 aliphatic heterocycles. The van der Waals surface area contributed by atoms with Crippen molar-refractivity contribution in [3.8, 4) is 0 Å². The Hall–Kier alpha value is -1.43. The van der Waals surface area contributed by atoms with Crippen molar-refractivity contribution in [2.45, 2.75) is 38.1 Å². The molecular weight excluding hydrogens is 232 g/mol. The van der Waals surface area contributed by atoms with Crippen molar-refractivity contribution in [3.05, 3.63) is 11.7 Å². The van der Waals surface area contributed by atoms with Crippen LogP contribution in [0.1, 0.15) is 43.3 Å². The fourth-order valence-corrected chi connectivity index (χ4v) is 2.46. The van der Waals surface area contributed by atoms with Crippen molar-refractivity contribution in [1.82, 2.24) is 15.0 Å². The van der Waals surface area contributed by atoms with Crippen molar-refractivity contribution >= 4 is 5.91 Å². The van der Waals surface area contributed by atoms with Crippen LogP contribution in [0.5, 0.6) is 0 Å². The molecule has 0 radical (unpaired) electrons. The predicted octanol–water partition coefficient (Wildman–Crippen LogP) is 0.644. The maximum Gasteiger partial charge on any atom is 0.240 e. The molecule has 0 aromatic carbocycles. The van der Waals surface area contributed by atoms with Gasteiger partial charge in [0.25, 0.3) is 0 Å². The van der Waals surface area contributed by atoms with Gasteiger partial charge in [-0.3, -0.25) is 9.69 Å². The van der Waals surface area contributed by atoms with Crippen LogP contribution >= 0.6 is 0 Å². The van der Waals surface area contributed by atoms with Crippen molar-refractivity contribution < 1.29 is 9.32 Å². The molecule has 0 spiro atoms. The topological polar surface area (TPSA) is 85.3 Å². The number of carbonyl (C=O) groups excluding carboxylic acids is 1. The van der Waals surface area contributed by atoms with Gasteiger partial charge in [-0.15, -0.1) is 0 Å². The Morgan fingerprint density at radius 2 is 2.28 bits per heavy atom. The molecule has 6 heteroatoms. The van der Waals surface area contributed by atoms with Gasteiger partial charge in [-0.05, 0) is 32.2 Å². The van der Waals surface area contributed by atoms with E-state index in [9.17, 15) is 4.79 Å². The molecule has 2 aliphatic rings. The van der Waals surface area contributed by atoms with Gasteiger partial charge in [0.05, 0.1) is 12.5 Å². The van der Waals surface area contributed by atoms with Crippen molar-refractivity contribution in [2.24, 2.45) is 11.7 Å². The van der Waals surface area contributed by atoms with E-state index in [-0.39, 0.29) is 11.8 Å². The van der Waals surface area contributed by atoms with Crippen LogP contribution in [-0.2, 0) is 11.3 Å². The second-order valence-corrected chi connectivity index (χ2v) is 5.30. The predicted molar refractivity (Wildman–Crippen MR) is 63.5 cm³/mol. The van der Waals surface area contributed by atoms with Crippen LogP contribution < -0.4 is 5.73 Å². The number of likely N-dealkylation sites (tertiary alicyclic amines) is 1. The highest BCUT2D eigenvalue weighted by molar-refractivity contribution is 5.76. The van der Waals surface area contributed by atoms with Crippen molar-refractivity contribution in [2.75, 3.05) is 13.1 Å². The van der Waals surface area contributed by atoms with Gasteiger partial charge in [0.1, 0.15) is 0 Å². The van der Waals surface area contributed by atoms with E-state index in [1.165, 1.54) is 12.8 Å². The summed E-state index contributed by atoms with van der Waals surface area (Å²) in [4.78, 5) is 17.8. The minimum absolute atomic E-state index is 0.0374. The van der Waals surface area contributed by atoms with E-state index in [1.807, 2.05) is 0 Å². The van der Waals surface area contributed by atoms with Gasteiger partial charge in [-0.2, -0.15) is 4.98 Å². The van der Waals surface area contributed by atoms with Gasteiger partial charge in [0.15, 0.2) is 5.82 Å². The van der Waals surface area contributed by atoms with Gasteiger partial charge in [-0.25, -0.2) is 0 Å². The summed E-state index contributed by atoms with van der Waals surface area (Å²) in [5, 5.41) is 3.99. The number of primary amides is 1. The lowest BCUT2D eigenvalue weighted by atomic mass is 9.97. The number of nitrogens with zero attached hydrogens (tertiary/aromatic N) is 3. The SMILES string of the molecule is NC(=O)C1CCCN(Cc2nc(C3CC3)no2)C1. The Morgan fingerprint density at radius 1 is 1.44 bits per heavy atom. The van der Waals surface area contributed by atoms with Gasteiger partial charge in [0.2, 0.25) is 11.8 Å². The monoisotopic (exact) mass is 250 g/mol. The molecule has 2 heterocycles. The summed E-state index contributed by atoms with van der Waals surface area (Å²) in [7, 11) is 0. The van der Waals surface area contributed by atoms with E-state index in [0.29, 0.717) is 24.9 Å². The zero-order valence-corrected chi connectivity index (χ0v) is 10.3. The summed E-state index contributed by atoms with van der Waals surface area (Å²) >= 11 is 0. The Morgan fingerprint density at radius 3 is 3.00 bits per heavy atom. The first kappa shape index (κ1) is 11.6. The maximum absolute atomic E-state index is 11.2. The standard InChI is InChI=1S/C12H18N4O2/c13-11(17)9-2-1-5-16(6-9)7-10-14-12(15-18-10)8-3-4-8/h8-9H,1-7H2,(H2,13,17). The molecule has 2 N–H and O–H groups in total. The van der Waals surface area contributed by atoms with Crippen LogP contribution in [0.4, 0.5) is 0 Å². The van der Waals surface area contributed by atoms with E-state index in [0.717, 1.165) is 25.2 Å². The quantitative estimate of drug-likeness (QED) is 0.847. The molecular formula is C12H18N4O2. The van der Waals surface area contributed by atoms with Crippen LogP contribution in [0.2, 0.25) is 0 Å². The first-order chi connectivity index (χ1) is 8.72. The van der Waals surface area contributed by atoms with E-state index >= 15 is 0 Å². The summed E-state index contributed by atoms with van der Waals surface area (Å²) in [6, 6.07) is 0. The molecule has 1 atom stereocenters. The molecule has 18 heavy (non-hydrogen) atoms. The van der Waals surface area contributed by atoms with E-state index in [4.69, 9.17) is 10.3 Å². The highest BCUT2D eigenvalue weighted by Crippen LogP contribution is 2.38. The average Bonchev–Trinajstić information content (AvgIpc) is 3.11. The zero-order chi connectivity index (χ0) is 12.5. The molecule has 3 rings (SSSR count). The largest absolute Gasteiger partial charge is 0.369 e. The molecule has 1 saturated carbocycles. The minimum atomic E-state index is -0.205. The molecule has 98 valence electrons. The Balaban J connectivity index is 1.59. The third-order valence-electron chi connectivity index (χ3n) is 3.69. The summed E-state index contributed by atoms with van der Waals surface area (Å²) in [6.07, 6.45) is 4.24. The van der Waals surface area contributed by atoms with Crippen LogP contribution in [-0.4, -0.2) is 34.0 Å². The lowest BCUT2D eigenvalue weighted by molar-refractivity contribution is -0.123. The highest BCUT2D eigenvalue weighted by Gasteiger charge is 2.30. The minimum Gasteiger partial charge on any atom is -0.369 e. The molecule has 2 fully saturated rings. The Bertz CT molecular complexity index is 441. The molecule has 0 bridgehead atoms. The van der Waals surface area contributed by atoms with Gasteiger partial charge in [-0.1, -0.05) is 5.16 Å². The first-order valence-electron chi connectivity index (χ1n) is 6.56. The van der Waals surface area contributed by atoms with Gasteiger partial charge in [0, 0.05) is 12.5 Å². The summed E-state index contributed by atoms with van der Waals surface area (Å²) < 4.78 is 5.25. The van der Waals surface area contributed by atoms with Crippen LogP contribution in [0.3, 0.4) is 0 Å². The van der Waals surface area contributed by atoms with Crippen LogP contribution in [0, 0.1) is 5.92 Å². The smallest absolute Gasteiger partial charge is 0.240 e. The lowest BCUT2D eigenvalue weighted by Gasteiger charge is -2.29. The number of rotatable bonds is 4. The lowest BCUT2D eigenvalue weighted by Crippen LogP contribution is -2.40. The van der Waals surface area contributed by atoms with Gasteiger partial charge < -0.3 is 10.3 Å². The maximum atomic E-state index is 11.2. The molecule has 1 amide bonds. The van der Waals surface area contributed by atoms with E-state index < -0.39 is 0 Å². The number of nitrogens with two attached hydrogens (primary N) is 1. The fraction of sp³-hybridized carbons (Fsp3) is 0.750. The number of aromatic nitrogens is 2. The van der Waals surface area contributed by atoms with Crippen molar-refractivity contribution in [1.29, 1.82) is 0 Å². The second kappa shape index (κ2) is 4.68. The molecule has 1 aromatic heterocycles. The molecule has 1 unspecified atom stereocenters. The summed E-state index contributed by atoms with van der Waals surface area (Å²) in [6.45, 7) is 2.30. The number of piperidine rings is 1. The highest BCUT2D eigenvalue weighted by atomic mass is 16.5. The zero-order valence-electron chi connectivity index (χ0n) is 10.3. The van der Waals surface area contributed by atoms with Gasteiger partial charge >= 0.3 is 0 Å². The molecule has 6 nitrogen and oxygen atoms in total. The van der Waals surface area contributed by atoms with Crippen LogP contribution in [0.15, 0.2) is 4.52 Å². The first-order valence-corrected chi connectivity index (χ1v) is 6.56. The average molecular weight is 250 g/mol. The van der Waals surface area contributed by atoms with E-state index in [2.05, 4.69) is 15.0 Å². The fourth-order valence-electron chi connectivity index (χ4n) is 2.46. The number of amides is 1. The summed E-state index contributed by atoms with van der Waals surface area (Å²) in [5.41, 5.74) is 5.36. The molecule has 1 aliphatic carbocycles. The Kier molecular flexibility index (Phi) is 3.03. The van der Waals surface area contributed by atoms with Crippen LogP contribution in [0.25, 0.3) is 0 Å². The molecule has 1 saturated heterocycles. The molecule has 1 aromatic rings.